The van der Waals surface area contributed by atoms with Crippen LogP contribution in [0.5, 0.6) is 5.75 Å². The molecule has 1 aromatic carbocycles. The minimum atomic E-state index is -0.292. The van der Waals surface area contributed by atoms with E-state index in [9.17, 15) is 14.4 Å². The smallest absolute Gasteiger partial charge is 0.256 e. The van der Waals surface area contributed by atoms with Crippen LogP contribution >= 0.6 is 0 Å². The Hall–Kier alpha value is -3.75. The zero-order chi connectivity index (χ0) is 26.0. The molecule has 4 rings (SSSR count). The molecule has 0 radical (unpaired) electrons. The molecule has 9 nitrogen and oxygen atoms in total. The number of rotatable bonds is 7. The summed E-state index contributed by atoms with van der Waals surface area (Å²) in [5, 5.41) is 3.63. The van der Waals surface area contributed by atoms with E-state index in [2.05, 4.69) is 22.1 Å². The molecule has 0 atom stereocenters. The van der Waals surface area contributed by atoms with E-state index in [1.165, 1.54) is 7.11 Å². The number of fused-ring (bicyclic) bond motifs is 1. The van der Waals surface area contributed by atoms with Crippen LogP contribution in [0.1, 0.15) is 53.9 Å². The SMILES string of the molecule is CCN(c1cc2occc2c(C(=O)NCc2c(OC)cc(C)[nH]c2=O)c1C)C1CCN(C(C)=O)CC1. The maximum atomic E-state index is 13.5. The summed E-state index contributed by atoms with van der Waals surface area (Å²) in [5.41, 5.74) is 3.70. The first kappa shape index (κ1) is 25.3. The van der Waals surface area contributed by atoms with Gasteiger partial charge in [-0.1, -0.05) is 0 Å². The van der Waals surface area contributed by atoms with Crippen molar-refractivity contribution < 1.29 is 18.7 Å². The third kappa shape index (κ3) is 4.82. The van der Waals surface area contributed by atoms with Crippen LogP contribution in [-0.2, 0) is 11.3 Å². The number of amides is 2. The number of H-pyrrole nitrogens is 1. The fraction of sp³-hybridized carbons (Fsp3) is 0.444. The Morgan fingerprint density at radius 3 is 2.61 bits per heavy atom. The second-order valence-corrected chi connectivity index (χ2v) is 9.26. The van der Waals surface area contributed by atoms with Gasteiger partial charge in [0, 0.05) is 55.4 Å². The number of ether oxygens (including phenoxy) is 1. The highest BCUT2D eigenvalue weighted by atomic mass is 16.5. The van der Waals surface area contributed by atoms with Crippen molar-refractivity contribution in [3.05, 3.63) is 57.2 Å². The summed E-state index contributed by atoms with van der Waals surface area (Å²) in [6, 6.07) is 5.78. The number of aromatic amines is 1. The fourth-order valence-corrected chi connectivity index (χ4v) is 5.20. The number of hydrogen-bond donors (Lipinski definition) is 2. The molecular formula is C27H34N4O5. The highest BCUT2D eigenvalue weighted by molar-refractivity contribution is 6.09. The summed E-state index contributed by atoms with van der Waals surface area (Å²) in [6.07, 6.45) is 3.31. The monoisotopic (exact) mass is 494 g/mol. The number of pyridine rings is 1. The second-order valence-electron chi connectivity index (χ2n) is 9.26. The van der Waals surface area contributed by atoms with E-state index in [4.69, 9.17) is 9.15 Å². The number of benzene rings is 1. The molecule has 1 aliphatic heterocycles. The Balaban J connectivity index is 1.65. The van der Waals surface area contributed by atoms with E-state index in [0.29, 0.717) is 28.2 Å². The number of nitrogens with one attached hydrogen (secondary N) is 2. The zero-order valence-corrected chi connectivity index (χ0v) is 21.6. The van der Waals surface area contributed by atoms with Crippen molar-refractivity contribution in [1.29, 1.82) is 0 Å². The van der Waals surface area contributed by atoms with E-state index in [0.717, 1.165) is 49.1 Å². The van der Waals surface area contributed by atoms with Gasteiger partial charge in [0.05, 0.1) is 31.0 Å². The number of furan rings is 1. The van der Waals surface area contributed by atoms with Crippen LogP contribution in [0.25, 0.3) is 11.0 Å². The van der Waals surface area contributed by atoms with Gasteiger partial charge >= 0.3 is 0 Å². The number of piperidine rings is 1. The Bertz CT molecular complexity index is 1330. The van der Waals surface area contributed by atoms with E-state index in [-0.39, 0.29) is 30.0 Å². The summed E-state index contributed by atoms with van der Waals surface area (Å²) in [6.45, 7) is 9.66. The fourth-order valence-electron chi connectivity index (χ4n) is 5.20. The number of aromatic nitrogens is 1. The van der Waals surface area contributed by atoms with Gasteiger partial charge in [0.15, 0.2) is 0 Å². The van der Waals surface area contributed by atoms with Crippen LogP contribution in [0.4, 0.5) is 5.69 Å². The molecule has 0 spiro atoms. The van der Waals surface area contributed by atoms with Crippen molar-refractivity contribution in [2.45, 2.75) is 53.1 Å². The lowest BCUT2D eigenvalue weighted by Crippen LogP contribution is -2.46. The van der Waals surface area contributed by atoms with Crippen LogP contribution in [0, 0.1) is 13.8 Å². The van der Waals surface area contributed by atoms with Gasteiger partial charge in [0.2, 0.25) is 5.91 Å². The van der Waals surface area contributed by atoms with Crippen LogP contribution < -0.4 is 20.5 Å². The predicted molar refractivity (Wildman–Crippen MR) is 139 cm³/mol. The number of likely N-dealkylation sites (tertiary alicyclic amines) is 1. The summed E-state index contributed by atoms with van der Waals surface area (Å²) >= 11 is 0. The lowest BCUT2D eigenvalue weighted by molar-refractivity contribution is -0.129. The Kier molecular flexibility index (Phi) is 7.37. The first-order valence-electron chi connectivity index (χ1n) is 12.3. The molecule has 2 amide bonds. The summed E-state index contributed by atoms with van der Waals surface area (Å²) in [7, 11) is 1.50. The van der Waals surface area contributed by atoms with Gasteiger partial charge in [-0.2, -0.15) is 0 Å². The molecular weight excluding hydrogens is 460 g/mol. The maximum absolute atomic E-state index is 13.5. The van der Waals surface area contributed by atoms with Gasteiger partial charge in [-0.3, -0.25) is 14.4 Å². The van der Waals surface area contributed by atoms with Crippen LogP contribution in [0.15, 0.2) is 33.7 Å². The van der Waals surface area contributed by atoms with Crippen LogP contribution in [-0.4, -0.2) is 54.5 Å². The predicted octanol–water partition coefficient (Wildman–Crippen LogP) is 3.51. The van der Waals surface area contributed by atoms with E-state index < -0.39 is 0 Å². The molecule has 2 aromatic heterocycles. The van der Waals surface area contributed by atoms with Crippen LogP contribution in [0.2, 0.25) is 0 Å². The van der Waals surface area contributed by atoms with Crippen molar-refractivity contribution in [2.75, 3.05) is 31.6 Å². The maximum Gasteiger partial charge on any atom is 0.256 e. The first-order chi connectivity index (χ1) is 17.2. The third-order valence-electron chi connectivity index (χ3n) is 7.09. The average molecular weight is 495 g/mol. The number of carbonyl (C=O) groups is 2. The molecule has 3 heterocycles. The van der Waals surface area contributed by atoms with Crippen molar-refractivity contribution in [3.8, 4) is 5.75 Å². The third-order valence-corrected chi connectivity index (χ3v) is 7.09. The molecule has 3 aromatic rings. The number of hydrogen-bond acceptors (Lipinski definition) is 6. The molecule has 0 saturated carbocycles. The summed E-state index contributed by atoms with van der Waals surface area (Å²) in [5.74, 6) is 0.252. The van der Waals surface area contributed by atoms with E-state index in [1.807, 2.05) is 17.9 Å². The number of methoxy groups -OCH3 is 1. The minimum absolute atomic E-state index is 0.0294. The minimum Gasteiger partial charge on any atom is -0.496 e. The molecule has 0 aliphatic carbocycles. The molecule has 2 N–H and O–H groups in total. The largest absolute Gasteiger partial charge is 0.496 e. The number of anilines is 1. The molecule has 0 unspecified atom stereocenters. The second kappa shape index (κ2) is 10.5. The first-order valence-corrected chi connectivity index (χ1v) is 12.3. The molecule has 9 heteroatoms. The molecule has 1 fully saturated rings. The van der Waals surface area contributed by atoms with Crippen LogP contribution in [0.3, 0.4) is 0 Å². The molecule has 36 heavy (non-hydrogen) atoms. The van der Waals surface area contributed by atoms with E-state index in [1.54, 1.807) is 32.2 Å². The standard InChI is InChI=1S/C27H34N4O5/c1-6-31(19-7-10-30(11-8-19)18(4)32)22-14-24-20(9-12-36-24)25(17(22)3)27(34)28-15-21-23(35-5)13-16(2)29-26(21)33/h9,12-14,19H,6-8,10-11,15H2,1-5H3,(H,28,34)(H,29,33). The van der Waals surface area contributed by atoms with Gasteiger partial charge in [0.25, 0.3) is 11.5 Å². The Labute approximate surface area is 210 Å². The quantitative estimate of drug-likeness (QED) is 0.520. The lowest BCUT2D eigenvalue weighted by atomic mass is 9.97. The summed E-state index contributed by atoms with van der Waals surface area (Å²) in [4.78, 5) is 44.7. The normalized spacial score (nSPS) is 14.2. The average Bonchev–Trinajstić information content (AvgIpc) is 3.32. The topological polar surface area (TPSA) is 108 Å². The van der Waals surface area contributed by atoms with Crippen molar-refractivity contribution in [2.24, 2.45) is 0 Å². The Morgan fingerprint density at radius 1 is 1.25 bits per heavy atom. The van der Waals surface area contributed by atoms with Gasteiger partial charge in [0.1, 0.15) is 11.3 Å². The van der Waals surface area contributed by atoms with Crippen molar-refractivity contribution in [1.82, 2.24) is 15.2 Å². The number of carbonyl (C=O) groups excluding carboxylic acids is 2. The molecule has 0 bridgehead atoms. The van der Waals surface area contributed by atoms with E-state index >= 15 is 0 Å². The zero-order valence-electron chi connectivity index (χ0n) is 21.6. The number of aryl methyl sites for hydroxylation is 1. The molecule has 1 saturated heterocycles. The van der Waals surface area contributed by atoms with Crippen molar-refractivity contribution in [3.63, 3.8) is 0 Å². The highest BCUT2D eigenvalue weighted by Crippen LogP contribution is 2.34. The van der Waals surface area contributed by atoms with Gasteiger partial charge in [-0.25, -0.2) is 0 Å². The lowest BCUT2D eigenvalue weighted by Gasteiger charge is -2.40. The highest BCUT2D eigenvalue weighted by Gasteiger charge is 2.28. The molecule has 192 valence electrons. The Morgan fingerprint density at radius 2 is 1.97 bits per heavy atom. The molecule has 1 aliphatic rings. The van der Waals surface area contributed by atoms with Gasteiger partial charge < -0.3 is 29.3 Å². The summed E-state index contributed by atoms with van der Waals surface area (Å²) < 4.78 is 11.1. The number of nitrogens with zero attached hydrogens (tertiary/aromatic N) is 2. The van der Waals surface area contributed by atoms with Crippen molar-refractivity contribution >= 4 is 28.5 Å². The van der Waals surface area contributed by atoms with Gasteiger partial charge in [-0.05, 0) is 51.3 Å². The van der Waals surface area contributed by atoms with Gasteiger partial charge in [-0.15, -0.1) is 0 Å².